The van der Waals surface area contributed by atoms with E-state index in [1.54, 1.807) is 41.8 Å². The Morgan fingerprint density at radius 1 is 1.33 bits per heavy atom. The number of benzene rings is 1. The summed E-state index contributed by atoms with van der Waals surface area (Å²) in [6.45, 7) is 5.19. The van der Waals surface area contributed by atoms with E-state index in [4.69, 9.17) is 4.74 Å². The van der Waals surface area contributed by atoms with Crippen molar-refractivity contribution in [2.75, 3.05) is 32.1 Å². The molecule has 27 heavy (non-hydrogen) atoms. The number of urea groups is 1. The number of ether oxygens (including phenoxy) is 1. The Kier molecular flexibility index (Phi) is 5.53. The van der Waals surface area contributed by atoms with Crippen LogP contribution in [0.25, 0.3) is 5.69 Å². The smallest absolute Gasteiger partial charge is 0.321 e. The minimum Gasteiger partial charge on any atom is -0.497 e. The molecular weight excluding hydrogens is 350 g/mol. The van der Waals surface area contributed by atoms with Gasteiger partial charge in [-0.3, -0.25) is 4.79 Å². The Balaban J connectivity index is 1.73. The number of aromatic nitrogens is 4. The maximum Gasteiger partial charge on any atom is 0.321 e. The van der Waals surface area contributed by atoms with E-state index in [0.29, 0.717) is 49.0 Å². The van der Waals surface area contributed by atoms with E-state index in [9.17, 15) is 9.59 Å². The summed E-state index contributed by atoms with van der Waals surface area (Å²) in [4.78, 5) is 26.2. The van der Waals surface area contributed by atoms with Crippen LogP contribution in [-0.2, 0) is 4.79 Å². The fourth-order valence-corrected chi connectivity index (χ4v) is 3.05. The highest BCUT2D eigenvalue weighted by Gasteiger charge is 2.30. The number of amides is 3. The molecule has 1 aromatic carbocycles. The maximum absolute atomic E-state index is 12.6. The van der Waals surface area contributed by atoms with Crippen molar-refractivity contribution in [1.29, 1.82) is 0 Å². The summed E-state index contributed by atoms with van der Waals surface area (Å²) in [6.07, 6.45) is 0.659. The van der Waals surface area contributed by atoms with Gasteiger partial charge in [0.05, 0.1) is 18.7 Å². The quantitative estimate of drug-likeness (QED) is 0.807. The Labute approximate surface area is 156 Å². The van der Waals surface area contributed by atoms with E-state index < -0.39 is 0 Å². The minimum absolute atomic E-state index is 0.00868. The van der Waals surface area contributed by atoms with Crippen molar-refractivity contribution in [3.63, 3.8) is 0 Å². The van der Waals surface area contributed by atoms with Crippen LogP contribution in [0.3, 0.4) is 0 Å². The number of methoxy groups -OCH3 is 1. The molecule has 1 unspecified atom stereocenters. The van der Waals surface area contributed by atoms with Crippen LogP contribution in [0.2, 0.25) is 0 Å². The second-order valence-corrected chi connectivity index (χ2v) is 6.31. The zero-order chi connectivity index (χ0) is 19.4. The predicted molar refractivity (Wildman–Crippen MR) is 97.8 cm³/mol. The normalized spacial score (nSPS) is 16.3. The van der Waals surface area contributed by atoms with Gasteiger partial charge in [0.2, 0.25) is 5.91 Å². The van der Waals surface area contributed by atoms with E-state index in [2.05, 4.69) is 26.2 Å². The molecule has 0 saturated carbocycles. The first-order valence-corrected chi connectivity index (χ1v) is 8.80. The molecule has 0 spiro atoms. The van der Waals surface area contributed by atoms with Crippen molar-refractivity contribution in [2.45, 2.75) is 20.3 Å². The summed E-state index contributed by atoms with van der Waals surface area (Å²) in [5.74, 6) is 1.01. The van der Waals surface area contributed by atoms with Gasteiger partial charge in [0.15, 0.2) is 5.82 Å². The van der Waals surface area contributed by atoms with Crippen molar-refractivity contribution in [1.82, 2.24) is 30.4 Å². The number of hydrogen-bond donors (Lipinski definition) is 2. The molecule has 144 valence electrons. The molecule has 2 heterocycles. The molecule has 1 aromatic heterocycles. The molecule has 2 aromatic rings. The monoisotopic (exact) mass is 373 g/mol. The molecular formula is C17H23N7O3. The van der Waals surface area contributed by atoms with Crippen molar-refractivity contribution in [3.05, 3.63) is 24.0 Å². The van der Waals surface area contributed by atoms with E-state index in [1.807, 2.05) is 6.92 Å². The highest BCUT2D eigenvalue weighted by molar-refractivity contribution is 5.91. The Morgan fingerprint density at radius 3 is 2.81 bits per heavy atom. The number of nitrogens with one attached hydrogen (secondary N) is 2. The maximum atomic E-state index is 12.6. The average Bonchev–Trinajstić information content (AvgIpc) is 3.30. The van der Waals surface area contributed by atoms with Crippen LogP contribution in [0.15, 0.2) is 18.2 Å². The van der Waals surface area contributed by atoms with Gasteiger partial charge < -0.3 is 20.3 Å². The molecule has 1 fully saturated rings. The van der Waals surface area contributed by atoms with Gasteiger partial charge in [-0.25, -0.2) is 4.79 Å². The van der Waals surface area contributed by atoms with Gasteiger partial charge in [0.1, 0.15) is 5.75 Å². The lowest BCUT2D eigenvalue weighted by Gasteiger charge is -2.18. The van der Waals surface area contributed by atoms with E-state index in [1.165, 1.54) is 0 Å². The molecule has 3 rings (SSSR count). The Bertz CT molecular complexity index is 836. The van der Waals surface area contributed by atoms with Crippen molar-refractivity contribution >= 4 is 17.6 Å². The molecule has 10 heteroatoms. The third-order valence-corrected chi connectivity index (χ3v) is 4.45. The van der Waals surface area contributed by atoms with Crippen LogP contribution < -0.4 is 15.4 Å². The summed E-state index contributed by atoms with van der Waals surface area (Å²) >= 11 is 0. The third kappa shape index (κ3) is 4.15. The van der Waals surface area contributed by atoms with Gasteiger partial charge in [-0.05, 0) is 36.8 Å². The van der Waals surface area contributed by atoms with Gasteiger partial charge in [-0.2, -0.15) is 4.68 Å². The Hall–Kier alpha value is -3.17. The molecule has 0 bridgehead atoms. The number of anilines is 1. The van der Waals surface area contributed by atoms with E-state index in [-0.39, 0.29) is 17.9 Å². The molecule has 0 aliphatic carbocycles. The van der Waals surface area contributed by atoms with Crippen molar-refractivity contribution < 1.29 is 14.3 Å². The second kappa shape index (κ2) is 8.02. The van der Waals surface area contributed by atoms with E-state index >= 15 is 0 Å². The third-order valence-electron chi connectivity index (χ3n) is 4.45. The largest absolute Gasteiger partial charge is 0.497 e. The highest BCUT2D eigenvalue weighted by atomic mass is 16.5. The summed E-state index contributed by atoms with van der Waals surface area (Å²) < 4.78 is 6.87. The lowest BCUT2D eigenvalue weighted by atomic mass is 10.1. The van der Waals surface area contributed by atoms with Gasteiger partial charge in [-0.1, -0.05) is 0 Å². The zero-order valence-corrected chi connectivity index (χ0v) is 15.6. The minimum atomic E-state index is -0.255. The van der Waals surface area contributed by atoms with Crippen molar-refractivity contribution in [3.8, 4) is 11.4 Å². The first kappa shape index (κ1) is 18.6. The molecule has 3 amide bonds. The fourth-order valence-electron chi connectivity index (χ4n) is 3.05. The van der Waals surface area contributed by atoms with E-state index in [0.717, 1.165) is 0 Å². The molecule has 2 N–H and O–H groups in total. The molecule has 1 atom stereocenters. The van der Waals surface area contributed by atoms with Crippen LogP contribution in [-0.4, -0.2) is 63.8 Å². The number of tetrazole rings is 1. The van der Waals surface area contributed by atoms with Crippen LogP contribution in [0.5, 0.6) is 5.75 Å². The molecule has 10 nitrogen and oxygen atoms in total. The van der Waals surface area contributed by atoms with Gasteiger partial charge >= 0.3 is 6.03 Å². The molecule has 1 saturated heterocycles. The number of aryl methyl sites for hydroxylation is 1. The van der Waals surface area contributed by atoms with Crippen LogP contribution >= 0.6 is 0 Å². The van der Waals surface area contributed by atoms with Crippen molar-refractivity contribution in [2.24, 2.45) is 5.92 Å². The summed E-state index contributed by atoms with van der Waals surface area (Å²) in [5, 5.41) is 17.1. The van der Waals surface area contributed by atoms with Crippen LogP contribution in [0.4, 0.5) is 10.5 Å². The number of hydrogen-bond acceptors (Lipinski definition) is 6. The molecule has 1 aliphatic heterocycles. The first-order chi connectivity index (χ1) is 13.0. The first-order valence-electron chi connectivity index (χ1n) is 8.80. The summed E-state index contributed by atoms with van der Waals surface area (Å²) in [5.41, 5.74) is 1.24. The number of nitrogens with zero attached hydrogens (tertiary/aromatic N) is 5. The van der Waals surface area contributed by atoms with Gasteiger partial charge in [0, 0.05) is 37.5 Å². The second-order valence-electron chi connectivity index (χ2n) is 6.31. The number of rotatable bonds is 5. The number of likely N-dealkylation sites (tertiary alicyclic amines) is 1. The fraction of sp³-hybridized carbons (Fsp3) is 0.471. The predicted octanol–water partition coefficient (Wildman–Crippen LogP) is 0.969. The van der Waals surface area contributed by atoms with Gasteiger partial charge in [0.25, 0.3) is 0 Å². The molecule has 0 radical (unpaired) electrons. The molecule has 1 aliphatic rings. The standard InChI is InChI=1S/C17H23N7O3/c1-4-18-16(25)12-5-6-23(10-12)17(26)19-13-7-14(9-15(8-13)27-3)24-11(2)20-21-22-24/h7-9,12H,4-6,10H2,1-3H3,(H,18,25)(H,19,26). The lowest BCUT2D eigenvalue weighted by molar-refractivity contribution is -0.124. The highest BCUT2D eigenvalue weighted by Crippen LogP contribution is 2.25. The Morgan fingerprint density at radius 2 is 2.15 bits per heavy atom. The summed E-state index contributed by atoms with van der Waals surface area (Å²) in [6, 6.07) is 5.01. The van der Waals surface area contributed by atoms with Crippen LogP contribution in [0.1, 0.15) is 19.2 Å². The average molecular weight is 373 g/mol. The lowest BCUT2D eigenvalue weighted by Crippen LogP contribution is -2.36. The SMILES string of the molecule is CCNC(=O)C1CCN(C(=O)Nc2cc(OC)cc(-n3nnnc3C)c2)C1. The number of carbonyl (C=O) groups is 2. The van der Waals surface area contributed by atoms with Gasteiger partial charge in [-0.15, -0.1) is 5.10 Å². The van der Waals surface area contributed by atoms with Crippen LogP contribution in [0, 0.1) is 12.8 Å². The number of carbonyl (C=O) groups excluding carboxylic acids is 2. The zero-order valence-electron chi connectivity index (χ0n) is 15.6. The topological polar surface area (TPSA) is 114 Å². The summed E-state index contributed by atoms with van der Waals surface area (Å²) in [7, 11) is 1.55.